The van der Waals surface area contributed by atoms with Crippen molar-refractivity contribution in [3.8, 4) is 11.8 Å². The molecule has 0 aliphatic heterocycles. The average molecular weight is 235 g/mol. The maximum absolute atomic E-state index is 10.8. The van der Waals surface area contributed by atoms with Crippen molar-refractivity contribution in [3.63, 3.8) is 0 Å². The minimum atomic E-state index is -0.508. The van der Waals surface area contributed by atoms with E-state index in [0.717, 1.165) is 0 Å². The first-order valence-corrected chi connectivity index (χ1v) is 3.86. The largest absolute Gasteiger partial charge is 0.481 e. The maximum atomic E-state index is 10.8. The summed E-state index contributed by atoms with van der Waals surface area (Å²) in [4.78, 5) is 16.8. The zero-order valence-electron chi connectivity index (χ0n) is 6.55. The van der Waals surface area contributed by atoms with E-state index in [-0.39, 0.29) is 5.88 Å². The summed E-state index contributed by atoms with van der Waals surface area (Å²) in [6.45, 7) is 0. The van der Waals surface area contributed by atoms with Gasteiger partial charge in [0, 0.05) is 0 Å². The molecule has 0 fully saturated rings. The van der Waals surface area contributed by atoms with E-state index in [2.05, 4.69) is 25.9 Å². The van der Waals surface area contributed by atoms with E-state index in [0.29, 0.717) is 10.4 Å². The van der Waals surface area contributed by atoms with E-state index < -0.39 is 5.69 Å². The molecule has 0 aromatic carbocycles. The predicted octanol–water partition coefficient (Wildman–Crippen LogP) is 0.550. The number of aromatic nitrogens is 2. The van der Waals surface area contributed by atoms with Crippen LogP contribution >= 0.6 is 15.9 Å². The molecule has 6 heteroatoms. The fraction of sp³-hybridized carbons (Fsp3) is 0.333. The van der Waals surface area contributed by atoms with Crippen molar-refractivity contribution >= 4 is 15.9 Å². The monoisotopic (exact) mass is 234 g/mol. The minimum Gasteiger partial charge on any atom is -0.481 e. The maximum Gasteiger partial charge on any atom is 0.351 e. The van der Waals surface area contributed by atoms with Gasteiger partial charge in [0.2, 0.25) is 11.8 Å². The number of rotatable bonds is 2. The fourth-order valence-electron chi connectivity index (χ4n) is 0.694. The van der Waals surface area contributed by atoms with Crippen LogP contribution in [0.1, 0.15) is 0 Å². The summed E-state index contributed by atoms with van der Waals surface area (Å²) < 4.78 is 10.1. The Balaban J connectivity index is 3.32. The molecule has 0 atom stereocenters. The Hall–Kier alpha value is -1.04. The Kier molecular flexibility index (Phi) is 2.69. The Morgan fingerprint density at radius 2 is 2.08 bits per heavy atom. The first-order valence-electron chi connectivity index (χ1n) is 3.07. The predicted molar refractivity (Wildman–Crippen MR) is 45.7 cm³/mol. The zero-order valence-corrected chi connectivity index (χ0v) is 8.14. The molecule has 1 N–H and O–H groups in total. The molecule has 12 heavy (non-hydrogen) atoms. The number of nitrogens with zero attached hydrogens (tertiary/aromatic N) is 1. The SMILES string of the molecule is COc1nc(=O)[nH]c(OC)c1Br. The van der Waals surface area contributed by atoms with Crippen molar-refractivity contribution in [2.24, 2.45) is 0 Å². The molecule has 0 saturated heterocycles. The van der Waals surface area contributed by atoms with E-state index in [1.54, 1.807) is 0 Å². The highest BCUT2D eigenvalue weighted by atomic mass is 79.9. The molecule has 5 nitrogen and oxygen atoms in total. The second-order valence-electron chi connectivity index (χ2n) is 1.90. The van der Waals surface area contributed by atoms with Gasteiger partial charge in [0.25, 0.3) is 0 Å². The van der Waals surface area contributed by atoms with Crippen LogP contribution in [0.5, 0.6) is 11.8 Å². The van der Waals surface area contributed by atoms with Gasteiger partial charge < -0.3 is 9.47 Å². The van der Waals surface area contributed by atoms with E-state index in [4.69, 9.17) is 9.47 Å². The van der Waals surface area contributed by atoms with Gasteiger partial charge in [0.05, 0.1) is 14.2 Å². The Labute approximate surface area is 76.9 Å². The summed E-state index contributed by atoms with van der Waals surface area (Å²) in [6.07, 6.45) is 0. The number of nitrogens with one attached hydrogen (secondary N) is 1. The molecule has 0 aliphatic carbocycles. The highest BCUT2D eigenvalue weighted by molar-refractivity contribution is 9.10. The van der Waals surface area contributed by atoms with Crippen molar-refractivity contribution in [3.05, 3.63) is 15.0 Å². The van der Waals surface area contributed by atoms with Crippen LogP contribution in [-0.4, -0.2) is 24.2 Å². The van der Waals surface area contributed by atoms with Crippen LogP contribution in [0.25, 0.3) is 0 Å². The van der Waals surface area contributed by atoms with E-state index in [1.807, 2.05) is 0 Å². The fourth-order valence-corrected chi connectivity index (χ4v) is 1.21. The van der Waals surface area contributed by atoms with Gasteiger partial charge in [0.1, 0.15) is 4.47 Å². The standard InChI is InChI=1S/C6H7BrN2O3/c1-11-4-3(7)5(12-2)9-6(10)8-4/h1-2H3,(H,8,9,10). The smallest absolute Gasteiger partial charge is 0.351 e. The Morgan fingerprint density at radius 3 is 2.58 bits per heavy atom. The molecule has 1 heterocycles. The molecule has 1 aromatic heterocycles. The summed E-state index contributed by atoms with van der Waals surface area (Å²) in [7, 11) is 2.86. The van der Waals surface area contributed by atoms with Gasteiger partial charge in [-0.2, -0.15) is 4.98 Å². The zero-order chi connectivity index (χ0) is 9.14. The first-order chi connectivity index (χ1) is 5.69. The van der Waals surface area contributed by atoms with Crippen LogP contribution in [0.3, 0.4) is 0 Å². The quantitative estimate of drug-likeness (QED) is 0.812. The Bertz CT molecular complexity index is 308. The second-order valence-corrected chi connectivity index (χ2v) is 2.69. The summed E-state index contributed by atoms with van der Waals surface area (Å²) >= 11 is 3.15. The van der Waals surface area contributed by atoms with Crippen molar-refractivity contribution in [2.75, 3.05) is 14.2 Å². The van der Waals surface area contributed by atoms with Crippen molar-refractivity contribution in [1.82, 2.24) is 9.97 Å². The summed E-state index contributed by atoms with van der Waals surface area (Å²) in [6, 6.07) is 0. The number of methoxy groups -OCH3 is 2. The van der Waals surface area contributed by atoms with Crippen LogP contribution in [0.2, 0.25) is 0 Å². The average Bonchev–Trinajstić information content (AvgIpc) is 2.08. The molecular weight excluding hydrogens is 228 g/mol. The normalized spacial score (nSPS) is 9.58. The summed E-state index contributed by atoms with van der Waals surface area (Å²) in [5, 5.41) is 0. The molecule has 0 aliphatic rings. The minimum absolute atomic E-state index is 0.204. The molecule has 0 radical (unpaired) electrons. The van der Waals surface area contributed by atoms with Crippen LogP contribution in [-0.2, 0) is 0 Å². The molecule has 0 saturated carbocycles. The van der Waals surface area contributed by atoms with Crippen LogP contribution in [0, 0.1) is 0 Å². The lowest BCUT2D eigenvalue weighted by Crippen LogP contribution is -2.12. The van der Waals surface area contributed by atoms with Crippen molar-refractivity contribution in [2.45, 2.75) is 0 Å². The van der Waals surface area contributed by atoms with Gasteiger partial charge in [-0.15, -0.1) is 0 Å². The topological polar surface area (TPSA) is 64.2 Å². The van der Waals surface area contributed by atoms with Crippen LogP contribution in [0.4, 0.5) is 0 Å². The third-order valence-corrected chi connectivity index (χ3v) is 1.91. The lowest BCUT2D eigenvalue weighted by molar-refractivity contribution is 0.363. The number of hydrogen-bond acceptors (Lipinski definition) is 4. The molecule has 0 bridgehead atoms. The number of halogens is 1. The highest BCUT2D eigenvalue weighted by Gasteiger charge is 2.09. The van der Waals surface area contributed by atoms with Gasteiger partial charge in [-0.3, -0.25) is 4.98 Å². The highest BCUT2D eigenvalue weighted by Crippen LogP contribution is 2.27. The van der Waals surface area contributed by atoms with Crippen molar-refractivity contribution in [1.29, 1.82) is 0 Å². The number of aromatic amines is 1. The van der Waals surface area contributed by atoms with E-state index >= 15 is 0 Å². The van der Waals surface area contributed by atoms with Gasteiger partial charge in [0.15, 0.2) is 0 Å². The molecule has 0 unspecified atom stereocenters. The van der Waals surface area contributed by atoms with Gasteiger partial charge in [-0.1, -0.05) is 0 Å². The lowest BCUT2D eigenvalue weighted by Gasteiger charge is -2.04. The summed E-state index contributed by atoms with van der Waals surface area (Å²) in [5.41, 5.74) is -0.508. The van der Waals surface area contributed by atoms with Gasteiger partial charge in [-0.05, 0) is 15.9 Å². The lowest BCUT2D eigenvalue weighted by atomic mass is 10.6. The molecule has 66 valence electrons. The molecular formula is C6H7BrN2O3. The third kappa shape index (κ3) is 1.58. The molecule has 1 aromatic rings. The molecule has 1 rings (SSSR count). The van der Waals surface area contributed by atoms with Crippen LogP contribution in [0.15, 0.2) is 9.27 Å². The summed E-state index contributed by atoms with van der Waals surface area (Å²) in [5.74, 6) is 0.502. The Morgan fingerprint density at radius 1 is 1.42 bits per heavy atom. The second kappa shape index (κ2) is 3.57. The first kappa shape index (κ1) is 9.05. The molecule has 0 spiro atoms. The van der Waals surface area contributed by atoms with Gasteiger partial charge in [-0.25, -0.2) is 4.79 Å². The number of H-pyrrole nitrogens is 1. The van der Waals surface area contributed by atoms with E-state index in [9.17, 15) is 4.79 Å². The molecule has 0 amide bonds. The van der Waals surface area contributed by atoms with Gasteiger partial charge >= 0.3 is 5.69 Å². The number of hydrogen-bond donors (Lipinski definition) is 1. The number of ether oxygens (including phenoxy) is 2. The van der Waals surface area contributed by atoms with Crippen molar-refractivity contribution < 1.29 is 9.47 Å². The third-order valence-electron chi connectivity index (χ3n) is 1.21. The van der Waals surface area contributed by atoms with Crippen LogP contribution < -0.4 is 15.2 Å². The van der Waals surface area contributed by atoms with E-state index in [1.165, 1.54) is 14.2 Å².